The van der Waals surface area contributed by atoms with Gasteiger partial charge in [-0.3, -0.25) is 0 Å². The molecule has 0 fully saturated rings. The number of fused-ring (bicyclic) bond motifs is 1. The lowest BCUT2D eigenvalue weighted by atomic mass is 10.0. The smallest absolute Gasteiger partial charge is 0.137 e. The largest absolute Gasteiger partial charge is 0.497 e. The number of rotatable bonds is 4. The third-order valence-electron chi connectivity index (χ3n) is 4.29. The molecule has 4 heteroatoms. The number of hydrogen-bond donors (Lipinski definition) is 1. The first kappa shape index (κ1) is 15.4. The molecule has 0 aliphatic carbocycles. The van der Waals surface area contributed by atoms with Crippen molar-refractivity contribution in [3.05, 3.63) is 83.8 Å². The molecule has 25 heavy (non-hydrogen) atoms. The second-order valence-corrected chi connectivity index (χ2v) is 5.95. The molecular weight excluding hydrogens is 315 g/mol. The zero-order valence-electron chi connectivity index (χ0n) is 13.8. The summed E-state index contributed by atoms with van der Waals surface area (Å²) < 4.78 is 18.7. The number of nitrogens with zero attached hydrogens (tertiary/aromatic N) is 1. The molecule has 0 saturated carbocycles. The van der Waals surface area contributed by atoms with Crippen molar-refractivity contribution in [3.63, 3.8) is 0 Å². The summed E-state index contributed by atoms with van der Waals surface area (Å²) in [5.74, 6) is 0.595. The molecule has 0 aliphatic rings. The van der Waals surface area contributed by atoms with Gasteiger partial charge in [0.2, 0.25) is 0 Å². The average molecular weight is 332 g/mol. The van der Waals surface area contributed by atoms with Crippen molar-refractivity contribution in [3.8, 4) is 17.0 Å². The molecule has 0 saturated heterocycles. The van der Waals surface area contributed by atoms with Crippen LogP contribution < -0.4 is 4.74 Å². The van der Waals surface area contributed by atoms with E-state index in [2.05, 4.69) is 16.0 Å². The first-order valence-corrected chi connectivity index (χ1v) is 8.08. The first-order chi connectivity index (χ1) is 12.2. The Labute approximate surface area is 145 Å². The fourth-order valence-corrected chi connectivity index (χ4v) is 3.05. The van der Waals surface area contributed by atoms with Crippen molar-refractivity contribution in [1.82, 2.24) is 9.97 Å². The monoisotopic (exact) mass is 332 g/mol. The highest BCUT2D eigenvalue weighted by Crippen LogP contribution is 2.28. The van der Waals surface area contributed by atoms with E-state index in [0.29, 0.717) is 6.42 Å². The summed E-state index contributed by atoms with van der Waals surface area (Å²) in [6.07, 6.45) is 2.44. The number of aromatic nitrogens is 2. The normalized spacial score (nSPS) is 11.0. The third kappa shape index (κ3) is 3.11. The van der Waals surface area contributed by atoms with E-state index in [1.165, 1.54) is 6.07 Å². The number of pyridine rings is 1. The molecule has 0 unspecified atom stereocenters. The van der Waals surface area contributed by atoms with Crippen LogP contribution in [0.3, 0.4) is 0 Å². The van der Waals surface area contributed by atoms with E-state index >= 15 is 0 Å². The Hall–Kier alpha value is -3.14. The van der Waals surface area contributed by atoms with E-state index in [9.17, 15) is 4.39 Å². The van der Waals surface area contributed by atoms with Gasteiger partial charge in [0.05, 0.1) is 7.11 Å². The van der Waals surface area contributed by atoms with Crippen LogP contribution in [0.1, 0.15) is 11.1 Å². The van der Waals surface area contributed by atoms with Gasteiger partial charge in [-0.15, -0.1) is 0 Å². The molecule has 0 spiro atoms. The number of H-pyrrole nitrogens is 1. The van der Waals surface area contributed by atoms with E-state index in [1.807, 2.05) is 36.4 Å². The number of aromatic amines is 1. The SMILES string of the molecule is COc1cccc(-c2cc3c(Cc4cccc(F)c4)ccnc3[nH]2)c1. The zero-order chi connectivity index (χ0) is 17.2. The molecule has 3 nitrogen and oxygen atoms in total. The number of hydrogen-bond acceptors (Lipinski definition) is 2. The lowest BCUT2D eigenvalue weighted by Crippen LogP contribution is -1.90. The fourth-order valence-electron chi connectivity index (χ4n) is 3.05. The van der Waals surface area contributed by atoms with E-state index in [4.69, 9.17) is 4.74 Å². The van der Waals surface area contributed by atoms with Crippen molar-refractivity contribution in [2.45, 2.75) is 6.42 Å². The number of halogens is 1. The van der Waals surface area contributed by atoms with Gasteiger partial charge in [-0.2, -0.15) is 0 Å². The Bertz CT molecular complexity index is 1040. The van der Waals surface area contributed by atoms with Crippen molar-refractivity contribution in [2.24, 2.45) is 0 Å². The third-order valence-corrected chi connectivity index (χ3v) is 4.29. The molecule has 0 amide bonds. The lowest BCUT2D eigenvalue weighted by Gasteiger charge is -2.03. The van der Waals surface area contributed by atoms with Crippen molar-refractivity contribution >= 4 is 11.0 Å². The topological polar surface area (TPSA) is 37.9 Å². The molecule has 4 aromatic rings. The molecule has 124 valence electrons. The number of benzene rings is 2. The van der Waals surface area contributed by atoms with Gasteiger partial charge in [-0.1, -0.05) is 24.3 Å². The van der Waals surface area contributed by atoms with Crippen LogP contribution in [0, 0.1) is 5.82 Å². The molecule has 1 N–H and O–H groups in total. The Kier molecular flexibility index (Phi) is 3.94. The van der Waals surface area contributed by atoms with Gasteiger partial charge in [0.15, 0.2) is 0 Å². The maximum absolute atomic E-state index is 13.5. The van der Waals surface area contributed by atoms with Crippen LogP contribution in [0.2, 0.25) is 0 Å². The average Bonchev–Trinajstić information content (AvgIpc) is 3.07. The van der Waals surface area contributed by atoms with Crippen LogP contribution in [0.5, 0.6) is 5.75 Å². The quantitative estimate of drug-likeness (QED) is 0.573. The number of ether oxygens (including phenoxy) is 1. The van der Waals surface area contributed by atoms with E-state index in [1.54, 1.807) is 25.4 Å². The molecule has 4 rings (SSSR count). The van der Waals surface area contributed by atoms with Gasteiger partial charge in [0.25, 0.3) is 0 Å². The van der Waals surface area contributed by atoms with Gasteiger partial charge in [-0.05, 0) is 53.9 Å². The number of nitrogens with one attached hydrogen (secondary N) is 1. The summed E-state index contributed by atoms with van der Waals surface area (Å²) in [4.78, 5) is 7.79. The molecule has 0 radical (unpaired) electrons. The van der Waals surface area contributed by atoms with Crippen LogP contribution >= 0.6 is 0 Å². The Morgan fingerprint density at radius 3 is 2.76 bits per heavy atom. The fraction of sp³-hybridized carbons (Fsp3) is 0.0952. The minimum absolute atomic E-state index is 0.214. The second kappa shape index (κ2) is 6.40. The molecular formula is C21H17FN2O. The van der Waals surface area contributed by atoms with Crippen LogP contribution in [0.25, 0.3) is 22.3 Å². The first-order valence-electron chi connectivity index (χ1n) is 8.08. The van der Waals surface area contributed by atoms with Crippen LogP contribution in [-0.4, -0.2) is 17.1 Å². The highest BCUT2D eigenvalue weighted by molar-refractivity contribution is 5.86. The van der Waals surface area contributed by atoms with E-state index < -0.39 is 0 Å². The molecule has 0 atom stereocenters. The Morgan fingerprint density at radius 1 is 1.04 bits per heavy atom. The summed E-state index contributed by atoms with van der Waals surface area (Å²) in [6, 6.07) is 18.7. The van der Waals surface area contributed by atoms with Crippen LogP contribution in [0.4, 0.5) is 4.39 Å². The maximum atomic E-state index is 13.5. The zero-order valence-corrected chi connectivity index (χ0v) is 13.8. The van der Waals surface area contributed by atoms with Crippen molar-refractivity contribution < 1.29 is 9.13 Å². The molecule has 2 aromatic carbocycles. The highest BCUT2D eigenvalue weighted by Gasteiger charge is 2.09. The minimum atomic E-state index is -0.214. The standard InChI is InChI=1S/C21H17FN2O/c1-25-18-7-3-5-16(12-18)20-13-19-15(8-9-23-21(19)24-20)10-14-4-2-6-17(22)11-14/h2-9,11-13H,10H2,1H3,(H,23,24). The molecule has 2 aromatic heterocycles. The van der Waals surface area contributed by atoms with Crippen molar-refractivity contribution in [2.75, 3.05) is 7.11 Å². The highest BCUT2D eigenvalue weighted by atomic mass is 19.1. The van der Waals surface area contributed by atoms with Crippen LogP contribution in [-0.2, 0) is 6.42 Å². The Morgan fingerprint density at radius 2 is 1.92 bits per heavy atom. The van der Waals surface area contributed by atoms with E-state index in [0.717, 1.165) is 39.2 Å². The van der Waals surface area contributed by atoms with E-state index in [-0.39, 0.29) is 5.82 Å². The van der Waals surface area contributed by atoms with Gasteiger partial charge >= 0.3 is 0 Å². The molecule has 0 aliphatic heterocycles. The maximum Gasteiger partial charge on any atom is 0.137 e. The lowest BCUT2D eigenvalue weighted by molar-refractivity contribution is 0.415. The van der Waals surface area contributed by atoms with Gasteiger partial charge < -0.3 is 9.72 Å². The molecule has 0 bridgehead atoms. The van der Waals surface area contributed by atoms with Gasteiger partial charge in [0.1, 0.15) is 17.2 Å². The summed E-state index contributed by atoms with van der Waals surface area (Å²) in [5.41, 5.74) is 4.89. The second-order valence-electron chi connectivity index (χ2n) is 5.95. The van der Waals surface area contributed by atoms with Gasteiger partial charge in [-0.25, -0.2) is 9.37 Å². The summed E-state index contributed by atoms with van der Waals surface area (Å²) in [5, 5.41) is 1.05. The van der Waals surface area contributed by atoms with Crippen molar-refractivity contribution in [1.29, 1.82) is 0 Å². The predicted molar refractivity (Wildman–Crippen MR) is 97.3 cm³/mol. The summed E-state index contributed by atoms with van der Waals surface area (Å²) in [7, 11) is 1.66. The Balaban J connectivity index is 1.75. The number of methoxy groups -OCH3 is 1. The van der Waals surface area contributed by atoms with Gasteiger partial charge in [0, 0.05) is 22.8 Å². The minimum Gasteiger partial charge on any atom is -0.497 e. The molecule has 2 heterocycles. The summed E-state index contributed by atoms with van der Waals surface area (Å²) in [6.45, 7) is 0. The summed E-state index contributed by atoms with van der Waals surface area (Å²) >= 11 is 0. The predicted octanol–water partition coefficient (Wildman–Crippen LogP) is 4.97. The van der Waals surface area contributed by atoms with Crippen LogP contribution in [0.15, 0.2) is 66.9 Å².